The van der Waals surface area contributed by atoms with E-state index in [-0.39, 0.29) is 11.8 Å². The van der Waals surface area contributed by atoms with Crippen molar-refractivity contribution >= 4 is 5.78 Å². The predicted octanol–water partition coefficient (Wildman–Crippen LogP) is 0.260. The molecule has 0 amide bonds. The van der Waals surface area contributed by atoms with Crippen LogP contribution in [0.4, 0.5) is 0 Å². The van der Waals surface area contributed by atoms with Gasteiger partial charge in [0.1, 0.15) is 5.82 Å². The highest BCUT2D eigenvalue weighted by atomic mass is 16.1. The number of piperazine rings is 1. The second kappa shape index (κ2) is 5.63. The molecule has 0 N–H and O–H groups in total. The lowest BCUT2D eigenvalue weighted by Gasteiger charge is -2.36. The van der Waals surface area contributed by atoms with Gasteiger partial charge in [0.25, 0.3) is 0 Å². The highest BCUT2D eigenvalue weighted by Crippen LogP contribution is 2.10. The summed E-state index contributed by atoms with van der Waals surface area (Å²) in [4.78, 5) is 21.0. The largest absolute Gasteiger partial charge is 0.335 e. The molecular weight excluding hydrogens is 228 g/mol. The van der Waals surface area contributed by atoms with Gasteiger partial charge in [-0.25, -0.2) is 4.98 Å². The standard InChI is InChI=1S/C13H22N4O/c1-4-17-6-5-14-13(17)9-12(18)11-10-15(2)7-8-16(11)3/h5-6,11H,4,7-10H2,1-3H3. The first kappa shape index (κ1) is 13.2. The number of hydrogen-bond donors (Lipinski definition) is 0. The minimum atomic E-state index is 0.00533. The molecule has 1 unspecified atom stereocenters. The number of rotatable bonds is 4. The van der Waals surface area contributed by atoms with Crippen LogP contribution >= 0.6 is 0 Å². The predicted molar refractivity (Wildman–Crippen MR) is 70.5 cm³/mol. The maximum Gasteiger partial charge on any atom is 0.158 e. The van der Waals surface area contributed by atoms with Gasteiger partial charge in [-0.1, -0.05) is 0 Å². The highest BCUT2D eigenvalue weighted by Gasteiger charge is 2.28. The van der Waals surface area contributed by atoms with Crippen molar-refractivity contribution in [3.63, 3.8) is 0 Å². The van der Waals surface area contributed by atoms with E-state index < -0.39 is 0 Å². The first-order valence-electron chi connectivity index (χ1n) is 6.53. The smallest absolute Gasteiger partial charge is 0.158 e. The van der Waals surface area contributed by atoms with Gasteiger partial charge >= 0.3 is 0 Å². The Morgan fingerprint density at radius 1 is 1.44 bits per heavy atom. The quantitative estimate of drug-likeness (QED) is 0.769. The normalized spacial score (nSPS) is 22.3. The first-order chi connectivity index (χ1) is 8.61. The zero-order valence-corrected chi connectivity index (χ0v) is 11.5. The molecule has 1 aliphatic heterocycles. The van der Waals surface area contributed by atoms with Gasteiger partial charge in [-0.15, -0.1) is 0 Å². The lowest BCUT2D eigenvalue weighted by molar-refractivity contribution is -0.125. The Kier molecular flexibility index (Phi) is 4.14. The number of aryl methyl sites for hydroxylation is 1. The molecule has 1 aliphatic rings. The Hall–Kier alpha value is -1.20. The molecule has 0 aliphatic carbocycles. The van der Waals surface area contributed by atoms with Crippen molar-refractivity contribution < 1.29 is 4.79 Å². The number of carbonyl (C=O) groups is 1. The zero-order chi connectivity index (χ0) is 13.1. The van der Waals surface area contributed by atoms with Crippen LogP contribution in [0.15, 0.2) is 12.4 Å². The van der Waals surface area contributed by atoms with E-state index >= 15 is 0 Å². The third-order valence-corrected chi connectivity index (χ3v) is 3.70. The van der Waals surface area contributed by atoms with Crippen LogP contribution in [0.3, 0.4) is 0 Å². The van der Waals surface area contributed by atoms with Crippen LogP contribution in [-0.4, -0.2) is 64.9 Å². The van der Waals surface area contributed by atoms with E-state index in [0.29, 0.717) is 6.42 Å². The zero-order valence-electron chi connectivity index (χ0n) is 11.5. The van der Waals surface area contributed by atoms with Crippen molar-refractivity contribution in [3.8, 4) is 0 Å². The Morgan fingerprint density at radius 2 is 2.22 bits per heavy atom. The summed E-state index contributed by atoms with van der Waals surface area (Å²) in [6.45, 7) is 5.74. The molecule has 0 spiro atoms. The maximum atomic E-state index is 12.4. The van der Waals surface area contributed by atoms with Crippen LogP contribution in [0.5, 0.6) is 0 Å². The summed E-state index contributed by atoms with van der Waals surface area (Å²) in [5, 5.41) is 0. The molecule has 5 nitrogen and oxygen atoms in total. The van der Waals surface area contributed by atoms with Gasteiger partial charge in [-0.3, -0.25) is 9.69 Å². The molecule has 2 heterocycles. The minimum absolute atomic E-state index is 0.00533. The second-order valence-electron chi connectivity index (χ2n) is 5.03. The van der Waals surface area contributed by atoms with E-state index in [1.54, 1.807) is 6.20 Å². The van der Waals surface area contributed by atoms with Gasteiger partial charge in [0.05, 0.1) is 12.5 Å². The second-order valence-corrected chi connectivity index (χ2v) is 5.03. The van der Waals surface area contributed by atoms with Crippen molar-refractivity contribution in [3.05, 3.63) is 18.2 Å². The summed E-state index contributed by atoms with van der Waals surface area (Å²) in [6, 6.07) is 0.00533. The van der Waals surface area contributed by atoms with Crippen molar-refractivity contribution in [2.24, 2.45) is 0 Å². The molecule has 0 bridgehead atoms. The van der Waals surface area contributed by atoms with Crippen LogP contribution in [0.25, 0.3) is 0 Å². The number of imidazole rings is 1. The molecule has 0 radical (unpaired) electrons. The molecule has 0 saturated carbocycles. The van der Waals surface area contributed by atoms with E-state index in [9.17, 15) is 4.79 Å². The summed E-state index contributed by atoms with van der Waals surface area (Å²) in [7, 11) is 4.10. The lowest BCUT2D eigenvalue weighted by Crippen LogP contribution is -2.54. The monoisotopic (exact) mass is 250 g/mol. The first-order valence-corrected chi connectivity index (χ1v) is 6.53. The van der Waals surface area contributed by atoms with Gasteiger partial charge in [-0.2, -0.15) is 0 Å². The van der Waals surface area contributed by atoms with E-state index in [1.807, 2.05) is 17.8 Å². The van der Waals surface area contributed by atoms with Gasteiger partial charge < -0.3 is 9.47 Å². The van der Waals surface area contributed by atoms with Crippen LogP contribution in [-0.2, 0) is 17.8 Å². The van der Waals surface area contributed by atoms with Gasteiger partial charge in [0.15, 0.2) is 5.78 Å². The Morgan fingerprint density at radius 3 is 2.94 bits per heavy atom. The molecule has 1 atom stereocenters. The third kappa shape index (κ3) is 2.79. The molecule has 2 rings (SSSR count). The molecule has 1 saturated heterocycles. The van der Waals surface area contributed by atoms with Crippen molar-refractivity contribution in [1.82, 2.24) is 19.4 Å². The summed E-state index contributed by atoms with van der Waals surface area (Å²) >= 11 is 0. The van der Waals surface area contributed by atoms with Gasteiger partial charge in [0, 0.05) is 38.6 Å². The average Bonchev–Trinajstić information content (AvgIpc) is 2.79. The van der Waals surface area contributed by atoms with Gasteiger partial charge in [0.2, 0.25) is 0 Å². The topological polar surface area (TPSA) is 41.4 Å². The van der Waals surface area contributed by atoms with Crippen molar-refractivity contribution in [2.75, 3.05) is 33.7 Å². The molecule has 5 heteroatoms. The highest BCUT2D eigenvalue weighted by molar-refractivity contribution is 5.85. The summed E-state index contributed by atoms with van der Waals surface area (Å²) < 4.78 is 2.03. The fraction of sp³-hybridized carbons (Fsp3) is 0.692. The SMILES string of the molecule is CCn1ccnc1CC(=O)C1CN(C)CCN1C. The molecule has 18 heavy (non-hydrogen) atoms. The van der Waals surface area contributed by atoms with Gasteiger partial charge in [-0.05, 0) is 21.0 Å². The van der Waals surface area contributed by atoms with Crippen molar-refractivity contribution in [2.45, 2.75) is 25.9 Å². The fourth-order valence-electron chi connectivity index (χ4n) is 2.43. The molecule has 1 aromatic rings. The van der Waals surface area contributed by atoms with E-state index in [2.05, 4.69) is 28.8 Å². The number of carbonyl (C=O) groups excluding carboxylic acids is 1. The maximum absolute atomic E-state index is 12.4. The van der Waals surface area contributed by atoms with Crippen LogP contribution in [0.1, 0.15) is 12.7 Å². The average molecular weight is 250 g/mol. The summed E-state index contributed by atoms with van der Waals surface area (Å²) in [6.07, 6.45) is 4.13. The summed E-state index contributed by atoms with van der Waals surface area (Å²) in [5.74, 6) is 1.15. The third-order valence-electron chi connectivity index (χ3n) is 3.70. The van der Waals surface area contributed by atoms with E-state index in [0.717, 1.165) is 32.0 Å². The molecule has 1 fully saturated rings. The summed E-state index contributed by atoms with van der Waals surface area (Å²) in [5.41, 5.74) is 0. The Balaban J connectivity index is 2.03. The molecule has 1 aromatic heterocycles. The van der Waals surface area contributed by atoms with E-state index in [1.165, 1.54) is 0 Å². The molecular formula is C13H22N4O. The lowest BCUT2D eigenvalue weighted by atomic mass is 10.1. The van der Waals surface area contributed by atoms with E-state index in [4.69, 9.17) is 0 Å². The number of Topliss-reactive ketones (excluding diaryl/α,β-unsaturated/α-hetero) is 1. The Labute approximate surface area is 108 Å². The number of ketones is 1. The van der Waals surface area contributed by atoms with Crippen LogP contribution in [0, 0.1) is 0 Å². The molecule has 100 valence electrons. The minimum Gasteiger partial charge on any atom is -0.335 e. The number of nitrogens with zero attached hydrogens (tertiary/aromatic N) is 4. The number of aromatic nitrogens is 2. The fourth-order valence-corrected chi connectivity index (χ4v) is 2.43. The van der Waals surface area contributed by atoms with Crippen LogP contribution in [0.2, 0.25) is 0 Å². The molecule has 0 aromatic carbocycles. The number of likely N-dealkylation sites (N-methyl/N-ethyl adjacent to an activating group) is 2. The number of hydrogen-bond acceptors (Lipinski definition) is 4. The Bertz CT molecular complexity index is 415. The van der Waals surface area contributed by atoms with Crippen LogP contribution < -0.4 is 0 Å². The van der Waals surface area contributed by atoms with Crippen molar-refractivity contribution in [1.29, 1.82) is 0 Å².